The van der Waals surface area contributed by atoms with Crippen LogP contribution in [0.3, 0.4) is 0 Å². The van der Waals surface area contributed by atoms with Crippen molar-refractivity contribution in [2.24, 2.45) is 5.41 Å². The molecule has 3 aliphatic heterocycles. The lowest BCUT2D eigenvalue weighted by Gasteiger charge is -2.39. The van der Waals surface area contributed by atoms with E-state index in [0.29, 0.717) is 29.4 Å². The number of hydrogen-bond donors (Lipinski definition) is 3. The molecule has 9 rings (SSSR count). The van der Waals surface area contributed by atoms with Gasteiger partial charge in [-0.05, 0) is 90.4 Å². The summed E-state index contributed by atoms with van der Waals surface area (Å²) in [6, 6.07) is 20.3. The summed E-state index contributed by atoms with van der Waals surface area (Å²) in [5.41, 5.74) is 6.07. The van der Waals surface area contributed by atoms with Crippen LogP contribution in [0.25, 0.3) is 16.6 Å². The summed E-state index contributed by atoms with van der Waals surface area (Å²) in [4.78, 5) is 39.5. The number of carbonyl (C=O) groups excluding carboxylic acids is 1. The van der Waals surface area contributed by atoms with Gasteiger partial charge in [-0.15, -0.1) is 0 Å². The quantitative estimate of drug-likeness (QED) is 0.0819. The lowest BCUT2D eigenvalue weighted by Crippen LogP contribution is -2.47. The van der Waals surface area contributed by atoms with Gasteiger partial charge < -0.3 is 34.3 Å². The molecule has 0 spiro atoms. The average molecular weight is 929 g/mol. The molecule has 342 valence electrons. The van der Waals surface area contributed by atoms with Crippen molar-refractivity contribution in [3.63, 3.8) is 0 Å². The molecule has 0 bridgehead atoms. The molecule has 0 radical (unpaired) electrons. The van der Waals surface area contributed by atoms with E-state index >= 15 is 4.39 Å². The number of aromatic amines is 1. The van der Waals surface area contributed by atoms with Crippen molar-refractivity contribution >= 4 is 72.6 Å². The van der Waals surface area contributed by atoms with Gasteiger partial charge in [0, 0.05) is 61.1 Å². The second-order valence-corrected chi connectivity index (χ2v) is 19.8. The van der Waals surface area contributed by atoms with Crippen LogP contribution in [0.4, 0.5) is 32.8 Å². The van der Waals surface area contributed by atoms with Gasteiger partial charge in [0.25, 0.3) is 21.6 Å². The van der Waals surface area contributed by atoms with Gasteiger partial charge >= 0.3 is 0 Å². The Kier molecular flexibility index (Phi) is 12.2. The van der Waals surface area contributed by atoms with E-state index in [-0.39, 0.29) is 43.1 Å². The molecule has 16 nitrogen and oxygen atoms in total. The molecule has 3 N–H and O–H groups in total. The van der Waals surface area contributed by atoms with Crippen molar-refractivity contribution in [2.75, 3.05) is 87.4 Å². The Balaban J connectivity index is 0.976. The fourth-order valence-electron chi connectivity index (χ4n) is 8.98. The molecule has 5 heterocycles. The van der Waals surface area contributed by atoms with E-state index < -0.39 is 43.8 Å². The number of hydrogen-bond acceptors (Lipinski definition) is 13. The van der Waals surface area contributed by atoms with Crippen molar-refractivity contribution in [3.8, 4) is 5.88 Å². The zero-order valence-corrected chi connectivity index (χ0v) is 37.6. The molecule has 1 amide bonds. The monoisotopic (exact) mass is 928 g/mol. The van der Waals surface area contributed by atoms with E-state index in [1.165, 1.54) is 16.7 Å². The van der Waals surface area contributed by atoms with Gasteiger partial charge in [-0.1, -0.05) is 43.2 Å². The highest BCUT2D eigenvalue weighted by Gasteiger charge is 2.36. The van der Waals surface area contributed by atoms with E-state index in [2.05, 4.69) is 55.8 Å². The number of allylic oxidation sites excluding steroid dienone is 1. The Morgan fingerprint density at radius 3 is 2.54 bits per heavy atom. The van der Waals surface area contributed by atoms with E-state index in [0.717, 1.165) is 86.3 Å². The number of nitro groups is 1. The van der Waals surface area contributed by atoms with Crippen LogP contribution in [0.15, 0.2) is 89.5 Å². The highest BCUT2D eigenvalue weighted by molar-refractivity contribution is 7.90. The number of halogens is 2. The summed E-state index contributed by atoms with van der Waals surface area (Å²) in [5, 5.41) is 16.3. The van der Waals surface area contributed by atoms with Gasteiger partial charge in [0.15, 0.2) is 0 Å². The third-order valence-corrected chi connectivity index (χ3v) is 14.1. The van der Waals surface area contributed by atoms with Gasteiger partial charge in [-0.3, -0.25) is 19.8 Å². The van der Waals surface area contributed by atoms with Crippen LogP contribution in [0, 0.1) is 15.5 Å². The zero-order chi connectivity index (χ0) is 45.5. The first-order valence-electron chi connectivity index (χ1n) is 21.6. The van der Waals surface area contributed by atoms with Gasteiger partial charge in [-0.2, -0.15) is 4.98 Å². The predicted molar refractivity (Wildman–Crippen MR) is 247 cm³/mol. The van der Waals surface area contributed by atoms with Gasteiger partial charge in [0.2, 0.25) is 11.7 Å². The van der Waals surface area contributed by atoms with Crippen LogP contribution in [-0.2, 0) is 19.5 Å². The minimum absolute atomic E-state index is 0.00951. The normalized spacial score (nSPS) is 20.3. The standard InChI is InChI=1S/C46H50ClFN8O8S/c1-45(2)13-11-32(37(26-45)30-3-5-33(47)6-4-30)27-53-15-17-54(18-16-53)34-7-9-36(39(24-34)55-19-20-63-44-41(55)23-31-12-14-49-42(31)51-44)43(57)52-65(60,61)35-8-10-38(40(25-35)56(58)59)50-28-46(48)29-62-21-22-64-46/h3-10,12,14,23-25,50H,11,13,15-22,26-29H2,1-2H3,(H,49,51)(H,52,57)/t46-/m1/s1. The van der Waals surface area contributed by atoms with Crippen molar-refractivity contribution in [1.29, 1.82) is 0 Å². The molecule has 3 aromatic carbocycles. The fourth-order valence-corrected chi connectivity index (χ4v) is 10.1. The molecule has 2 saturated heterocycles. The third kappa shape index (κ3) is 9.63. The Morgan fingerprint density at radius 2 is 1.78 bits per heavy atom. The van der Waals surface area contributed by atoms with E-state index in [1.54, 1.807) is 12.3 Å². The number of fused-ring (bicyclic) bond motifs is 2. The van der Waals surface area contributed by atoms with Crippen LogP contribution in [-0.4, -0.2) is 112 Å². The molecule has 1 atom stereocenters. The summed E-state index contributed by atoms with van der Waals surface area (Å²) in [5.74, 6) is -2.82. The summed E-state index contributed by atoms with van der Waals surface area (Å²) < 4.78 is 61.1. The van der Waals surface area contributed by atoms with Crippen molar-refractivity contribution in [2.45, 2.75) is 43.9 Å². The number of pyridine rings is 1. The number of nitro benzene ring substituents is 1. The topological polar surface area (TPSA) is 185 Å². The second-order valence-electron chi connectivity index (χ2n) is 17.6. The summed E-state index contributed by atoms with van der Waals surface area (Å²) in [6.45, 7) is 8.52. The largest absolute Gasteiger partial charge is 0.474 e. The van der Waals surface area contributed by atoms with E-state index in [9.17, 15) is 23.3 Å². The minimum atomic E-state index is -4.67. The highest BCUT2D eigenvalue weighted by Crippen LogP contribution is 2.44. The number of piperazine rings is 1. The highest BCUT2D eigenvalue weighted by atomic mass is 35.5. The summed E-state index contributed by atoms with van der Waals surface area (Å²) in [7, 11) is -4.67. The maximum Gasteiger partial charge on any atom is 0.293 e. The number of carbonyl (C=O) groups is 1. The smallest absolute Gasteiger partial charge is 0.293 e. The number of benzene rings is 3. The Labute approximate surface area is 380 Å². The molecule has 0 unspecified atom stereocenters. The third-order valence-electron chi connectivity index (χ3n) is 12.5. The molecule has 1 aliphatic carbocycles. The number of H-pyrrole nitrogens is 1. The maximum atomic E-state index is 15.0. The zero-order valence-electron chi connectivity index (χ0n) is 36.1. The van der Waals surface area contributed by atoms with Crippen LogP contribution < -0.4 is 24.6 Å². The SMILES string of the molecule is CC1(C)CCC(CN2CCN(c3ccc(C(=O)NS(=O)(=O)c4ccc(NC[C@]5(F)COCCO5)c([N+](=O)[O-])c4)c(N4CCOc5nc6[nH]ccc6cc54)c3)CC2)=C(c2ccc(Cl)cc2)C1. The Morgan fingerprint density at radius 1 is 0.985 bits per heavy atom. The van der Waals surface area contributed by atoms with Gasteiger partial charge in [0.05, 0.1) is 47.4 Å². The number of alkyl halides is 1. The Bertz CT molecular complexity index is 2770. The molecule has 65 heavy (non-hydrogen) atoms. The van der Waals surface area contributed by atoms with Crippen LogP contribution in [0.2, 0.25) is 5.02 Å². The van der Waals surface area contributed by atoms with Gasteiger partial charge in [0.1, 0.15) is 30.2 Å². The van der Waals surface area contributed by atoms with Crippen molar-refractivity contribution < 1.29 is 36.7 Å². The van der Waals surface area contributed by atoms with Crippen molar-refractivity contribution in [3.05, 3.63) is 111 Å². The van der Waals surface area contributed by atoms with E-state index in [1.807, 2.05) is 41.3 Å². The number of rotatable bonds is 12. The first kappa shape index (κ1) is 44.4. The molecule has 4 aliphatic rings. The van der Waals surface area contributed by atoms with Crippen LogP contribution in [0.1, 0.15) is 49.0 Å². The first-order chi connectivity index (χ1) is 31.1. The molecule has 0 saturated carbocycles. The molecular formula is C46H50ClFN8O8S. The van der Waals surface area contributed by atoms with E-state index in [4.69, 9.17) is 25.8 Å². The molecule has 2 fully saturated rings. The minimum Gasteiger partial charge on any atom is -0.474 e. The number of ether oxygens (including phenoxy) is 3. The number of amides is 1. The predicted octanol–water partition coefficient (Wildman–Crippen LogP) is 7.68. The second kappa shape index (κ2) is 17.9. The van der Waals surface area contributed by atoms with Crippen LogP contribution in [0.5, 0.6) is 5.88 Å². The number of aromatic nitrogens is 2. The van der Waals surface area contributed by atoms with Gasteiger partial charge in [-0.25, -0.2) is 17.5 Å². The number of nitrogens with zero attached hydrogens (tertiary/aromatic N) is 5. The van der Waals surface area contributed by atoms with Crippen molar-refractivity contribution in [1.82, 2.24) is 19.6 Å². The van der Waals surface area contributed by atoms with Crippen LogP contribution >= 0.6 is 11.6 Å². The molecule has 19 heteroatoms. The average Bonchev–Trinajstić information content (AvgIpc) is 3.76. The molecular weight excluding hydrogens is 879 g/mol. The summed E-state index contributed by atoms with van der Waals surface area (Å²) >= 11 is 6.26. The molecule has 2 aromatic heterocycles. The summed E-state index contributed by atoms with van der Waals surface area (Å²) in [6.07, 6.45) is 4.93. The lowest BCUT2D eigenvalue weighted by atomic mass is 9.72. The lowest BCUT2D eigenvalue weighted by molar-refractivity contribution is -0.384. The molecule has 5 aromatic rings. The first-order valence-corrected chi connectivity index (χ1v) is 23.5. The maximum absolute atomic E-state index is 15.0. The number of nitrogens with one attached hydrogen (secondary N) is 3. The number of sulfonamides is 1. The Hall–Kier alpha value is -5.79. The fraction of sp³-hybridized carbons (Fsp3) is 0.391. The number of anilines is 4.